The van der Waals surface area contributed by atoms with Crippen LogP contribution in [0.4, 0.5) is 10.1 Å². The summed E-state index contributed by atoms with van der Waals surface area (Å²) in [6, 6.07) is 7.30. The van der Waals surface area contributed by atoms with Crippen molar-refractivity contribution in [2.45, 2.75) is 51.0 Å². The van der Waals surface area contributed by atoms with Gasteiger partial charge >= 0.3 is 0 Å². The van der Waals surface area contributed by atoms with Crippen LogP contribution in [0.2, 0.25) is 10.0 Å². The van der Waals surface area contributed by atoms with Gasteiger partial charge in [-0.1, -0.05) is 23.2 Å². The predicted octanol–water partition coefficient (Wildman–Crippen LogP) is 5.99. The third-order valence-corrected chi connectivity index (χ3v) is 5.89. The molecule has 0 bridgehead atoms. The second kappa shape index (κ2) is 8.26. The molecule has 1 aliphatic carbocycles. The number of pyridine rings is 1. The highest BCUT2D eigenvalue weighted by Gasteiger charge is 2.22. The van der Waals surface area contributed by atoms with Crippen LogP contribution >= 0.6 is 23.2 Å². The second-order valence-corrected chi connectivity index (χ2v) is 8.11. The molecule has 2 aromatic rings. The Morgan fingerprint density at radius 1 is 1.19 bits per heavy atom. The van der Waals surface area contributed by atoms with Gasteiger partial charge in [0.1, 0.15) is 0 Å². The molecule has 0 spiro atoms. The van der Waals surface area contributed by atoms with E-state index in [1.54, 1.807) is 6.07 Å². The van der Waals surface area contributed by atoms with E-state index in [2.05, 4.69) is 21.4 Å². The number of aromatic nitrogens is 1. The summed E-state index contributed by atoms with van der Waals surface area (Å²) in [5, 5.41) is 5.15. The number of nitrogens with zero attached hydrogens (tertiary/aromatic N) is 2. The lowest BCUT2D eigenvalue weighted by molar-refractivity contribution is 0.453. The number of benzene rings is 1. The van der Waals surface area contributed by atoms with Crippen LogP contribution < -0.4 is 5.32 Å². The normalized spacial score (nSPS) is 18.2. The number of hydrogen-bond donors (Lipinski definition) is 1. The quantitative estimate of drug-likeness (QED) is 0.472. The summed E-state index contributed by atoms with van der Waals surface area (Å²) in [5.74, 6) is -0.428. The van der Waals surface area contributed by atoms with Gasteiger partial charge in [-0.15, -0.1) is 0 Å². The van der Waals surface area contributed by atoms with E-state index in [4.69, 9.17) is 23.2 Å². The monoisotopic (exact) mass is 405 g/mol. The van der Waals surface area contributed by atoms with Gasteiger partial charge in [0.15, 0.2) is 0 Å². The van der Waals surface area contributed by atoms with Crippen molar-refractivity contribution in [1.82, 2.24) is 10.3 Å². The Balaban J connectivity index is 1.25. The maximum absolute atomic E-state index is 13.2. The predicted molar refractivity (Wildman–Crippen MR) is 109 cm³/mol. The van der Waals surface area contributed by atoms with Crippen molar-refractivity contribution in [2.75, 3.05) is 6.54 Å². The summed E-state index contributed by atoms with van der Waals surface area (Å²) >= 11 is 12.6. The minimum absolute atomic E-state index is 0.324. The lowest BCUT2D eigenvalue weighted by atomic mass is 9.87. The van der Waals surface area contributed by atoms with Crippen molar-refractivity contribution in [3.05, 3.63) is 57.1 Å². The summed E-state index contributed by atoms with van der Waals surface area (Å²) < 4.78 is 13.2. The van der Waals surface area contributed by atoms with Crippen LogP contribution in [-0.4, -0.2) is 17.2 Å². The van der Waals surface area contributed by atoms with E-state index in [0.29, 0.717) is 17.5 Å². The van der Waals surface area contributed by atoms with Crippen LogP contribution in [0.15, 0.2) is 29.3 Å². The minimum Gasteiger partial charge on any atom is -0.310 e. The first-order valence-electron chi connectivity index (χ1n) is 9.53. The van der Waals surface area contributed by atoms with Gasteiger partial charge in [-0.25, -0.2) is 4.98 Å². The van der Waals surface area contributed by atoms with Crippen LogP contribution in [-0.2, 0) is 12.8 Å². The molecule has 1 atom stereocenters. The van der Waals surface area contributed by atoms with Gasteiger partial charge in [0.05, 0.1) is 11.4 Å². The van der Waals surface area contributed by atoms with Crippen LogP contribution in [0.25, 0.3) is 0 Å². The molecule has 2 aliphatic rings. The molecule has 0 unspecified atom stereocenters. The van der Waals surface area contributed by atoms with Crippen molar-refractivity contribution < 1.29 is 4.39 Å². The molecule has 0 saturated carbocycles. The molecular formula is C21H22Cl2FN3. The molecule has 3 nitrogen and oxygen atoms in total. The van der Waals surface area contributed by atoms with Gasteiger partial charge in [-0.2, -0.15) is 4.39 Å². The van der Waals surface area contributed by atoms with Gasteiger partial charge in [0.2, 0.25) is 5.95 Å². The Hall–Kier alpha value is -1.49. The zero-order valence-electron chi connectivity index (χ0n) is 15.1. The largest absolute Gasteiger partial charge is 0.310 e. The highest BCUT2D eigenvalue weighted by Crippen LogP contribution is 2.36. The number of aliphatic imine (C=N–C) groups is 1. The first-order chi connectivity index (χ1) is 13.1. The van der Waals surface area contributed by atoms with E-state index in [1.165, 1.54) is 17.2 Å². The van der Waals surface area contributed by atoms with E-state index in [-0.39, 0.29) is 0 Å². The van der Waals surface area contributed by atoms with E-state index in [0.717, 1.165) is 67.2 Å². The van der Waals surface area contributed by atoms with E-state index >= 15 is 0 Å². The first kappa shape index (κ1) is 18.9. The first-order valence-corrected chi connectivity index (χ1v) is 10.3. The molecule has 0 amide bonds. The Kier molecular flexibility index (Phi) is 5.76. The third-order valence-electron chi connectivity index (χ3n) is 5.34. The van der Waals surface area contributed by atoms with Crippen LogP contribution in [0.3, 0.4) is 0 Å². The van der Waals surface area contributed by atoms with Gasteiger partial charge < -0.3 is 5.32 Å². The summed E-state index contributed by atoms with van der Waals surface area (Å²) in [6.07, 6.45) is 7.01. The molecule has 142 valence electrons. The molecule has 0 saturated heterocycles. The number of rotatable bonds is 6. The van der Waals surface area contributed by atoms with Gasteiger partial charge in [0, 0.05) is 28.2 Å². The zero-order valence-corrected chi connectivity index (χ0v) is 16.6. The van der Waals surface area contributed by atoms with Crippen molar-refractivity contribution in [1.29, 1.82) is 0 Å². The molecule has 0 radical (unpaired) electrons. The van der Waals surface area contributed by atoms with Crippen molar-refractivity contribution in [3.63, 3.8) is 0 Å². The Morgan fingerprint density at radius 2 is 2.07 bits per heavy atom. The molecule has 2 heterocycles. The maximum atomic E-state index is 13.2. The van der Waals surface area contributed by atoms with E-state index in [1.807, 2.05) is 6.07 Å². The highest BCUT2D eigenvalue weighted by molar-refractivity contribution is 6.35. The molecule has 1 N–H and O–H groups in total. The van der Waals surface area contributed by atoms with Crippen molar-refractivity contribution >= 4 is 34.6 Å². The average molecular weight is 406 g/mol. The molecule has 1 aliphatic heterocycles. The number of fused-ring (bicyclic) bond motifs is 2. The van der Waals surface area contributed by atoms with Crippen molar-refractivity contribution in [2.24, 2.45) is 4.99 Å². The van der Waals surface area contributed by atoms with E-state index < -0.39 is 5.95 Å². The molecule has 4 rings (SSSR count). The fourth-order valence-electron chi connectivity index (χ4n) is 4.03. The zero-order chi connectivity index (χ0) is 18.8. The van der Waals surface area contributed by atoms with Crippen LogP contribution in [0.1, 0.15) is 55.0 Å². The molecular weight excluding hydrogens is 384 g/mol. The molecule has 1 aromatic heterocycles. The lowest BCUT2D eigenvalue weighted by Gasteiger charge is -2.27. The number of hydrogen-bond acceptors (Lipinski definition) is 3. The number of unbranched alkanes of at least 4 members (excludes halogenated alkanes) is 1. The number of nitrogens with one attached hydrogen (secondary N) is 1. The van der Waals surface area contributed by atoms with Gasteiger partial charge in [0.25, 0.3) is 0 Å². The van der Waals surface area contributed by atoms with Gasteiger partial charge in [-0.3, -0.25) is 4.99 Å². The molecule has 27 heavy (non-hydrogen) atoms. The fourth-order valence-corrected chi connectivity index (χ4v) is 4.63. The minimum atomic E-state index is -0.428. The standard InChI is InChI=1S/C21H22Cl2FN3/c22-13-10-16-15(17(23)11-13)5-3-6-18(16)25-9-2-1-4-14-12-20-19(26-14)7-8-21(24)27-20/h7-8,10-11,18,25H,1-6,9,12H2/t18-/m1/s1. The molecule has 6 heteroatoms. The fraction of sp³-hybridized carbons (Fsp3) is 0.429. The molecule has 1 aromatic carbocycles. The Morgan fingerprint density at radius 3 is 2.96 bits per heavy atom. The third kappa shape index (κ3) is 4.34. The van der Waals surface area contributed by atoms with E-state index in [9.17, 15) is 4.39 Å². The smallest absolute Gasteiger partial charge is 0.213 e. The summed E-state index contributed by atoms with van der Waals surface area (Å²) in [4.78, 5) is 8.50. The Bertz CT molecular complexity index is 882. The highest BCUT2D eigenvalue weighted by atomic mass is 35.5. The van der Waals surface area contributed by atoms with Crippen LogP contribution in [0, 0.1) is 5.95 Å². The SMILES string of the molecule is Fc1ccc2c(n1)CC(CCCCN[C@@H]1CCCc3c(Cl)cc(Cl)cc31)=N2. The molecule has 0 fully saturated rings. The second-order valence-electron chi connectivity index (χ2n) is 7.27. The maximum Gasteiger partial charge on any atom is 0.213 e. The summed E-state index contributed by atoms with van der Waals surface area (Å²) in [5.41, 5.74) is 5.17. The topological polar surface area (TPSA) is 37.3 Å². The van der Waals surface area contributed by atoms with Gasteiger partial charge in [-0.05, 0) is 80.5 Å². The summed E-state index contributed by atoms with van der Waals surface area (Å²) in [7, 11) is 0. The lowest BCUT2D eigenvalue weighted by Crippen LogP contribution is -2.26. The van der Waals surface area contributed by atoms with Crippen molar-refractivity contribution in [3.8, 4) is 0 Å². The number of halogens is 3. The average Bonchev–Trinajstić information content (AvgIpc) is 3.03. The van der Waals surface area contributed by atoms with Crippen LogP contribution in [0.5, 0.6) is 0 Å². The summed E-state index contributed by atoms with van der Waals surface area (Å²) in [6.45, 7) is 0.946. The Labute approximate surface area is 169 Å².